The van der Waals surface area contributed by atoms with Crippen molar-refractivity contribution in [3.63, 3.8) is 0 Å². The molecule has 0 saturated carbocycles. The highest BCUT2D eigenvalue weighted by atomic mass is 16.1. The number of benzene rings is 1. The van der Waals surface area contributed by atoms with Crippen molar-refractivity contribution >= 4 is 11.5 Å². The lowest BCUT2D eigenvalue weighted by atomic mass is 10.0. The minimum absolute atomic E-state index is 0.0506. The van der Waals surface area contributed by atoms with Gasteiger partial charge in [-0.3, -0.25) is 4.79 Å². The lowest BCUT2D eigenvalue weighted by Crippen LogP contribution is -2.00. The quantitative estimate of drug-likeness (QED) is 0.447. The maximum atomic E-state index is 11.5. The van der Waals surface area contributed by atoms with Crippen molar-refractivity contribution in [1.82, 2.24) is 0 Å². The molecule has 1 aromatic carbocycles. The number of terminal acetylenes is 1. The van der Waals surface area contributed by atoms with Crippen LogP contribution in [0.1, 0.15) is 28.8 Å². The molecule has 0 aromatic heterocycles. The van der Waals surface area contributed by atoms with Gasteiger partial charge in [-0.05, 0) is 18.6 Å². The number of hydrogen-bond acceptors (Lipinski definition) is 2. The molecule has 1 rings (SSSR count). The number of anilines is 1. The molecule has 2 N–H and O–H groups in total. The molecular weight excluding hydrogens is 174 g/mol. The summed E-state index contributed by atoms with van der Waals surface area (Å²) in [5.74, 6) is 2.49. The Morgan fingerprint density at radius 2 is 2.29 bits per heavy atom. The lowest BCUT2D eigenvalue weighted by molar-refractivity contribution is 0.0984. The Hall–Kier alpha value is -1.75. The SMILES string of the molecule is C#CCCC(=O)c1ccc(C)c(N)c1. The van der Waals surface area contributed by atoms with Crippen molar-refractivity contribution < 1.29 is 4.79 Å². The average molecular weight is 187 g/mol. The first-order valence-corrected chi connectivity index (χ1v) is 4.48. The van der Waals surface area contributed by atoms with E-state index in [4.69, 9.17) is 12.2 Å². The molecule has 0 aliphatic rings. The third kappa shape index (κ3) is 2.37. The van der Waals surface area contributed by atoms with E-state index < -0.39 is 0 Å². The van der Waals surface area contributed by atoms with Crippen LogP contribution in [0.4, 0.5) is 5.69 Å². The number of nitrogens with two attached hydrogens (primary N) is 1. The topological polar surface area (TPSA) is 43.1 Å². The Bertz CT molecular complexity index is 388. The zero-order chi connectivity index (χ0) is 10.6. The van der Waals surface area contributed by atoms with Crippen LogP contribution in [-0.2, 0) is 0 Å². The highest BCUT2D eigenvalue weighted by molar-refractivity contribution is 5.97. The summed E-state index contributed by atoms with van der Waals surface area (Å²) in [5.41, 5.74) is 7.97. The first-order valence-electron chi connectivity index (χ1n) is 4.48. The molecule has 0 amide bonds. The van der Waals surface area contributed by atoms with Crippen molar-refractivity contribution in [2.24, 2.45) is 0 Å². The highest BCUT2D eigenvalue weighted by Gasteiger charge is 2.05. The molecule has 0 unspecified atom stereocenters. The first kappa shape index (κ1) is 10.3. The molecule has 0 bridgehead atoms. The fourth-order valence-corrected chi connectivity index (χ4v) is 1.14. The van der Waals surface area contributed by atoms with Crippen molar-refractivity contribution in [3.8, 4) is 12.3 Å². The zero-order valence-corrected chi connectivity index (χ0v) is 8.21. The van der Waals surface area contributed by atoms with Crippen LogP contribution < -0.4 is 5.73 Å². The van der Waals surface area contributed by atoms with Crippen LogP contribution >= 0.6 is 0 Å². The van der Waals surface area contributed by atoms with E-state index in [0.717, 1.165) is 5.56 Å². The van der Waals surface area contributed by atoms with Gasteiger partial charge in [-0.2, -0.15) is 0 Å². The maximum absolute atomic E-state index is 11.5. The van der Waals surface area contributed by atoms with E-state index >= 15 is 0 Å². The molecule has 0 atom stereocenters. The molecule has 0 aliphatic heterocycles. The van der Waals surface area contributed by atoms with E-state index in [-0.39, 0.29) is 5.78 Å². The lowest BCUT2D eigenvalue weighted by Gasteiger charge is -2.03. The monoisotopic (exact) mass is 187 g/mol. The second-order valence-corrected chi connectivity index (χ2v) is 3.20. The fraction of sp³-hybridized carbons (Fsp3) is 0.250. The smallest absolute Gasteiger partial charge is 0.163 e. The summed E-state index contributed by atoms with van der Waals surface area (Å²) in [4.78, 5) is 11.5. The Balaban J connectivity index is 2.82. The van der Waals surface area contributed by atoms with Crippen molar-refractivity contribution in [2.45, 2.75) is 19.8 Å². The third-order valence-electron chi connectivity index (χ3n) is 2.10. The number of nitrogen functional groups attached to an aromatic ring is 1. The highest BCUT2D eigenvalue weighted by Crippen LogP contribution is 2.14. The number of rotatable bonds is 3. The second-order valence-electron chi connectivity index (χ2n) is 3.20. The molecule has 0 heterocycles. The summed E-state index contributed by atoms with van der Waals surface area (Å²) in [6, 6.07) is 5.33. The molecule has 0 fully saturated rings. The summed E-state index contributed by atoms with van der Waals surface area (Å²) in [5, 5.41) is 0. The minimum atomic E-state index is 0.0506. The predicted octanol–water partition coefficient (Wildman–Crippen LogP) is 2.17. The van der Waals surface area contributed by atoms with Gasteiger partial charge in [-0.15, -0.1) is 12.3 Å². The first-order chi connectivity index (χ1) is 6.65. The predicted molar refractivity (Wildman–Crippen MR) is 58.0 cm³/mol. The fourth-order valence-electron chi connectivity index (χ4n) is 1.14. The van der Waals surface area contributed by atoms with Crippen LogP contribution in [0.15, 0.2) is 18.2 Å². The van der Waals surface area contributed by atoms with Gasteiger partial charge in [0.1, 0.15) is 0 Å². The van der Waals surface area contributed by atoms with Crippen LogP contribution in [0.2, 0.25) is 0 Å². The molecule has 1 aromatic rings. The van der Waals surface area contributed by atoms with Crippen LogP contribution in [0.5, 0.6) is 0 Å². The van der Waals surface area contributed by atoms with Crippen molar-refractivity contribution in [2.75, 3.05) is 5.73 Å². The molecule has 14 heavy (non-hydrogen) atoms. The number of carbonyl (C=O) groups is 1. The van der Waals surface area contributed by atoms with Gasteiger partial charge in [0, 0.05) is 24.1 Å². The average Bonchev–Trinajstić information content (AvgIpc) is 2.18. The van der Waals surface area contributed by atoms with Gasteiger partial charge in [0.15, 0.2) is 5.78 Å². The Kier molecular flexibility index (Phi) is 3.30. The molecule has 0 aliphatic carbocycles. The van der Waals surface area contributed by atoms with Crippen molar-refractivity contribution in [3.05, 3.63) is 29.3 Å². The molecule has 72 valence electrons. The van der Waals surface area contributed by atoms with Gasteiger partial charge in [-0.25, -0.2) is 0 Å². The summed E-state index contributed by atoms with van der Waals surface area (Å²) >= 11 is 0. The molecule has 0 spiro atoms. The van der Waals surface area contributed by atoms with E-state index in [1.54, 1.807) is 12.1 Å². The summed E-state index contributed by atoms with van der Waals surface area (Å²) in [6.45, 7) is 1.91. The van der Waals surface area contributed by atoms with Gasteiger partial charge in [0.25, 0.3) is 0 Å². The van der Waals surface area contributed by atoms with Crippen LogP contribution in [0, 0.1) is 19.3 Å². The number of ketones is 1. The summed E-state index contributed by atoms with van der Waals surface area (Å²) in [6.07, 6.45) is 5.95. The van der Waals surface area contributed by atoms with Crippen LogP contribution in [0.3, 0.4) is 0 Å². The largest absolute Gasteiger partial charge is 0.398 e. The number of carbonyl (C=O) groups excluding carboxylic acids is 1. The summed E-state index contributed by atoms with van der Waals surface area (Å²) < 4.78 is 0. The van der Waals surface area contributed by atoms with Gasteiger partial charge >= 0.3 is 0 Å². The van der Waals surface area contributed by atoms with Crippen LogP contribution in [0.25, 0.3) is 0 Å². The molecule has 0 radical (unpaired) electrons. The summed E-state index contributed by atoms with van der Waals surface area (Å²) in [7, 11) is 0. The Labute approximate surface area is 84.1 Å². The minimum Gasteiger partial charge on any atom is -0.398 e. The molecule has 2 heteroatoms. The van der Waals surface area contributed by atoms with Gasteiger partial charge in [0.2, 0.25) is 0 Å². The molecular formula is C12H13NO. The van der Waals surface area contributed by atoms with E-state index in [1.165, 1.54) is 0 Å². The van der Waals surface area contributed by atoms with E-state index in [0.29, 0.717) is 24.1 Å². The van der Waals surface area contributed by atoms with E-state index in [2.05, 4.69) is 5.92 Å². The standard InChI is InChI=1S/C12H13NO/c1-3-4-5-12(14)10-7-6-9(2)11(13)8-10/h1,6-8H,4-5,13H2,2H3. The maximum Gasteiger partial charge on any atom is 0.163 e. The molecule has 0 saturated heterocycles. The van der Waals surface area contributed by atoms with Crippen molar-refractivity contribution in [1.29, 1.82) is 0 Å². The number of hydrogen-bond donors (Lipinski definition) is 1. The Morgan fingerprint density at radius 1 is 1.57 bits per heavy atom. The normalized spacial score (nSPS) is 9.43. The third-order valence-corrected chi connectivity index (χ3v) is 2.10. The number of Topliss-reactive ketones (excluding diaryl/α,β-unsaturated/α-hetero) is 1. The van der Waals surface area contributed by atoms with E-state index in [9.17, 15) is 4.79 Å². The molecule has 2 nitrogen and oxygen atoms in total. The Morgan fingerprint density at radius 3 is 2.86 bits per heavy atom. The number of aryl methyl sites for hydroxylation is 1. The van der Waals surface area contributed by atoms with Gasteiger partial charge in [-0.1, -0.05) is 12.1 Å². The van der Waals surface area contributed by atoms with Gasteiger partial charge < -0.3 is 5.73 Å². The van der Waals surface area contributed by atoms with E-state index in [1.807, 2.05) is 13.0 Å². The second kappa shape index (κ2) is 4.48. The zero-order valence-electron chi connectivity index (χ0n) is 8.21. The van der Waals surface area contributed by atoms with Crippen LogP contribution in [-0.4, -0.2) is 5.78 Å². The van der Waals surface area contributed by atoms with Gasteiger partial charge in [0.05, 0.1) is 0 Å².